The molecule has 146 valence electrons. The monoisotopic (exact) mass is 418 g/mol. The molecule has 1 aromatic heterocycles. The van der Waals surface area contributed by atoms with E-state index in [4.69, 9.17) is 11.6 Å². The van der Waals surface area contributed by atoms with E-state index in [1.807, 2.05) is 0 Å². The van der Waals surface area contributed by atoms with Gasteiger partial charge in [-0.15, -0.1) is 10.2 Å². The molecule has 2 heterocycles. The molecule has 28 heavy (non-hydrogen) atoms. The lowest BCUT2D eigenvalue weighted by atomic mass is 10.2. The van der Waals surface area contributed by atoms with Gasteiger partial charge in [-0.05, 0) is 43.2 Å². The first-order valence-corrected chi connectivity index (χ1v) is 10.8. The summed E-state index contributed by atoms with van der Waals surface area (Å²) in [6, 6.07) is 11.3. The number of benzene rings is 2. The van der Waals surface area contributed by atoms with E-state index in [1.54, 1.807) is 36.4 Å². The molecule has 0 unspecified atom stereocenters. The molecule has 2 N–H and O–H groups in total. The number of hydrogen-bond acceptors (Lipinski definition) is 5. The van der Waals surface area contributed by atoms with Crippen molar-refractivity contribution in [1.82, 2.24) is 19.5 Å². The van der Waals surface area contributed by atoms with Crippen molar-refractivity contribution in [2.75, 3.05) is 13.1 Å². The third-order valence-corrected chi connectivity index (χ3v) is 6.89. The highest BCUT2D eigenvalue weighted by Gasteiger charge is 2.26. The first-order chi connectivity index (χ1) is 13.4. The van der Waals surface area contributed by atoms with Crippen LogP contribution in [0.25, 0.3) is 22.8 Å². The molecule has 4 rings (SSSR count). The lowest BCUT2D eigenvalue weighted by Crippen LogP contribution is -2.35. The van der Waals surface area contributed by atoms with E-state index >= 15 is 0 Å². The Morgan fingerprint density at radius 1 is 1.00 bits per heavy atom. The third kappa shape index (κ3) is 3.63. The lowest BCUT2D eigenvalue weighted by Gasteiger charge is -2.25. The second kappa shape index (κ2) is 7.54. The number of aromatic nitrogens is 3. The Morgan fingerprint density at radius 3 is 2.54 bits per heavy atom. The van der Waals surface area contributed by atoms with Gasteiger partial charge in [0.1, 0.15) is 5.75 Å². The fraction of sp³-hybridized carbons (Fsp3) is 0.263. The molecule has 9 heteroatoms. The van der Waals surface area contributed by atoms with Crippen LogP contribution in [0, 0.1) is 0 Å². The summed E-state index contributed by atoms with van der Waals surface area (Å²) < 4.78 is 27.4. The smallest absolute Gasteiger partial charge is 0.243 e. The van der Waals surface area contributed by atoms with Gasteiger partial charge < -0.3 is 10.1 Å². The zero-order chi connectivity index (χ0) is 19.7. The maximum atomic E-state index is 12.9. The summed E-state index contributed by atoms with van der Waals surface area (Å²) in [4.78, 5) is 3.25. The van der Waals surface area contributed by atoms with Crippen LogP contribution >= 0.6 is 11.6 Å². The molecule has 1 aliphatic heterocycles. The van der Waals surface area contributed by atoms with E-state index in [1.165, 1.54) is 10.4 Å². The number of phenols is 1. The molecule has 0 aliphatic carbocycles. The summed E-state index contributed by atoms with van der Waals surface area (Å²) in [6.45, 7) is 1.10. The number of halogens is 1. The number of sulfonamides is 1. The molecular formula is C19H19ClN4O3S. The van der Waals surface area contributed by atoms with Crippen molar-refractivity contribution in [3.05, 3.63) is 47.5 Å². The first kappa shape index (κ1) is 18.9. The Balaban J connectivity index is 1.67. The Kier molecular flexibility index (Phi) is 5.09. The Hall–Kier alpha value is -2.42. The largest absolute Gasteiger partial charge is 0.507 e. The van der Waals surface area contributed by atoms with Crippen molar-refractivity contribution < 1.29 is 13.5 Å². The molecule has 0 amide bonds. The lowest BCUT2D eigenvalue weighted by molar-refractivity contribution is 0.346. The van der Waals surface area contributed by atoms with Crippen molar-refractivity contribution in [2.24, 2.45) is 0 Å². The van der Waals surface area contributed by atoms with Gasteiger partial charge in [-0.1, -0.05) is 30.2 Å². The highest BCUT2D eigenvalue weighted by Crippen LogP contribution is 2.31. The SMILES string of the molecule is O=S(=O)(c1cccc(-c2nnc(-c3cc(Cl)ccc3O)[nH]2)c1)N1CCCCC1. The molecule has 2 aromatic carbocycles. The number of rotatable bonds is 4. The van der Waals surface area contributed by atoms with Gasteiger partial charge in [-0.2, -0.15) is 4.31 Å². The van der Waals surface area contributed by atoms with E-state index < -0.39 is 10.0 Å². The maximum Gasteiger partial charge on any atom is 0.243 e. The summed E-state index contributed by atoms with van der Waals surface area (Å²) in [5.74, 6) is 0.776. The van der Waals surface area contributed by atoms with Crippen LogP contribution in [0.5, 0.6) is 5.75 Å². The summed E-state index contributed by atoms with van der Waals surface area (Å²) in [7, 11) is -3.54. The average Bonchev–Trinajstić information content (AvgIpc) is 3.21. The van der Waals surface area contributed by atoms with Gasteiger partial charge in [0.05, 0.1) is 10.5 Å². The van der Waals surface area contributed by atoms with Gasteiger partial charge in [-0.25, -0.2) is 8.42 Å². The van der Waals surface area contributed by atoms with Crippen molar-refractivity contribution >= 4 is 21.6 Å². The van der Waals surface area contributed by atoms with Crippen LogP contribution in [0.4, 0.5) is 0 Å². The molecule has 0 saturated carbocycles. The minimum atomic E-state index is -3.54. The van der Waals surface area contributed by atoms with Gasteiger partial charge in [0.2, 0.25) is 10.0 Å². The summed E-state index contributed by atoms with van der Waals surface area (Å²) in [6.07, 6.45) is 2.82. The summed E-state index contributed by atoms with van der Waals surface area (Å²) in [5.41, 5.74) is 1.02. The minimum absolute atomic E-state index is 0.0218. The van der Waals surface area contributed by atoms with Crippen LogP contribution in [0.2, 0.25) is 5.02 Å². The van der Waals surface area contributed by atoms with Crippen LogP contribution < -0.4 is 0 Å². The zero-order valence-corrected chi connectivity index (χ0v) is 16.5. The van der Waals surface area contributed by atoms with Crippen LogP contribution in [0.15, 0.2) is 47.4 Å². The molecule has 0 atom stereocenters. The fourth-order valence-corrected chi connectivity index (χ4v) is 5.00. The van der Waals surface area contributed by atoms with Crippen molar-refractivity contribution in [3.8, 4) is 28.5 Å². The highest BCUT2D eigenvalue weighted by molar-refractivity contribution is 7.89. The quantitative estimate of drug-likeness (QED) is 0.673. The van der Waals surface area contributed by atoms with Gasteiger partial charge in [0.15, 0.2) is 11.6 Å². The second-order valence-corrected chi connectivity index (χ2v) is 9.05. The topological polar surface area (TPSA) is 99.2 Å². The predicted molar refractivity (Wildman–Crippen MR) is 107 cm³/mol. The minimum Gasteiger partial charge on any atom is -0.507 e. The van der Waals surface area contributed by atoms with Crippen LogP contribution in [-0.2, 0) is 10.0 Å². The molecule has 7 nitrogen and oxygen atoms in total. The second-order valence-electron chi connectivity index (χ2n) is 6.68. The molecule has 1 fully saturated rings. The molecule has 0 radical (unpaired) electrons. The number of H-pyrrole nitrogens is 1. The fourth-order valence-electron chi connectivity index (χ4n) is 3.27. The number of nitrogens with one attached hydrogen (secondary N) is 1. The van der Waals surface area contributed by atoms with Crippen LogP contribution in [0.1, 0.15) is 19.3 Å². The van der Waals surface area contributed by atoms with Crippen molar-refractivity contribution in [3.63, 3.8) is 0 Å². The number of aromatic amines is 1. The van der Waals surface area contributed by atoms with Crippen molar-refractivity contribution in [2.45, 2.75) is 24.2 Å². The molecule has 1 saturated heterocycles. The van der Waals surface area contributed by atoms with E-state index in [0.29, 0.717) is 40.9 Å². The number of hydrogen-bond donors (Lipinski definition) is 2. The van der Waals surface area contributed by atoms with Crippen LogP contribution in [0.3, 0.4) is 0 Å². The van der Waals surface area contributed by atoms with E-state index in [2.05, 4.69) is 15.2 Å². The standard InChI is InChI=1S/C19H19ClN4O3S/c20-14-7-8-17(25)16(12-14)19-21-18(22-23-19)13-5-4-6-15(11-13)28(26,27)24-9-2-1-3-10-24/h4-8,11-12,25H,1-3,9-10H2,(H,21,22,23). The summed E-state index contributed by atoms with van der Waals surface area (Å²) in [5, 5.41) is 18.7. The molecule has 1 aliphatic rings. The third-order valence-electron chi connectivity index (χ3n) is 4.76. The normalized spacial score (nSPS) is 15.6. The van der Waals surface area contributed by atoms with Gasteiger partial charge in [-0.3, -0.25) is 0 Å². The number of piperidine rings is 1. The molecule has 0 spiro atoms. The average molecular weight is 419 g/mol. The first-order valence-electron chi connectivity index (χ1n) is 8.97. The summed E-state index contributed by atoms with van der Waals surface area (Å²) >= 11 is 5.99. The van der Waals surface area contributed by atoms with Crippen molar-refractivity contribution in [1.29, 1.82) is 0 Å². The predicted octanol–water partition coefficient (Wildman–Crippen LogP) is 3.67. The highest BCUT2D eigenvalue weighted by atomic mass is 35.5. The maximum absolute atomic E-state index is 12.9. The Bertz CT molecular complexity index is 1110. The van der Waals surface area contributed by atoms with Crippen LogP contribution in [-0.4, -0.2) is 46.1 Å². The van der Waals surface area contributed by atoms with Gasteiger partial charge in [0, 0.05) is 23.7 Å². The van der Waals surface area contributed by atoms with E-state index in [9.17, 15) is 13.5 Å². The van der Waals surface area contributed by atoms with E-state index in [0.717, 1.165) is 19.3 Å². The zero-order valence-electron chi connectivity index (χ0n) is 15.0. The Morgan fingerprint density at radius 2 is 1.75 bits per heavy atom. The number of aromatic hydroxyl groups is 1. The van der Waals surface area contributed by atoms with E-state index in [-0.39, 0.29) is 10.6 Å². The Labute approximate surface area is 168 Å². The molecule has 3 aromatic rings. The molecule has 0 bridgehead atoms. The van der Waals surface area contributed by atoms with Gasteiger partial charge in [0.25, 0.3) is 0 Å². The molecular weight excluding hydrogens is 400 g/mol. The number of nitrogens with zero attached hydrogens (tertiary/aromatic N) is 3. The van der Waals surface area contributed by atoms with Gasteiger partial charge >= 0.3 is 0 Å². The number of phenolic OH excluding ortho intramolecular Hbond substituents is 1.